The first-order chi connectivity index (χ1) is 13.9. The summed E-state index contributed by atoms with van der Waals surface area (Å²) in [5.74, 6) is 2.03. The van der Waals surface area contributed by atoms with E-state index in [1.807, 2.05) is 56.7 Å². The standard InChI is InChI=1S/C19H23N5O3S2/c1-11-12(2)28-18(20-11)21-17(25)13(3)29-19-23-22-16(24(19)4)10-27-15-8-6-14(26-5)7-9-15/h6-9,13H,10H2,1-5H3,(H,20,21,25)/t13-/m0/s1. The van der Waals surface area contributed by atoms with Crippen molar-refractivity contribution >= 4 is 34.1 Å². The molecule has 2 aromatic heterocycles. The molecule has 0 radical (unpaired) electrons. The Bertz CT molecular complexity index is 965. The minimum Gasteiger partial charge on any atom is -0.497 e. The highest BCUT2D eigenvalue weighted by Gasteiger charge is 2.20. The Morgan fingerprint density at radius 2 is 1.93 bits per heavy atom. The quantitative estimate of drug-likeness (QED) is 0.543. The molecule has 0 fully saturated rings. The molecule has 29 heavy (non-hydrogen) atoms. The van der Waals surface area contributed by atoms with Gasteiger partial charge in [-0.1, -0.05) is 11.8 Å². The Kier molecular flexibility index (Phi) is 6.75. The number of thioether (sulfide) groups is 1. The Balaban J connectivity index is 1.57. The summed E-state index contributed by atoms with van der Waals surface area (Å²) in [5, 5.41) is 12.1. The molecule has 154 valence electrons. The molecule has 3 rings (SSSR count). The topological polar surface area (TPSA) is 91.2 Å². The molecule has 0 spiro atoms. The number of aryl methyl sites for hydroxylation is 2. The van der Waals surface area contributed by atoms with Gasteiger partial charge >= 0.3 is 0 Å². The lowest BCUT2D eigenvalue weighted by molar-refractivity contribution is -0.115. The average molecular weight is 434 g/mol. The Hall–Kier alpha value is -2.59. The summed E-state index contributed by atoms with van der Waals surface area (Å²) in [6, 6.07) is 7.33. The van der Waals surface area contributed by atoms with Crippen molar-refractivity contribution in [2.24, 2.45) is 7.05 Å². The van der Waals surface area contributed by atoms with Gasteiger partial charge in [-0.2, -0.15) is 0 Å². The van der Waals surface area contributed by atoms with Crippen LogP contribution in [0.4, 0.5) is 5.13 Å². The van der Waals surface area contributed by atoms with Gasteiger partial charge in [0.05, 0.1) is 18.1 Å². The van der Waals surface area contributed by atoms with E-state index in [4.69, 9.17) is 9.47 Å². The van der Waals surface area contributed by atoms with Crippen LogP contribution in [0.5, 0.6) is 11.5 Å². The number of anilines is 1. The fourth-order valence-corrected chi connectivity index (χ4v) is 3.99. The van der Waals surface area contributed by atoms with E-state index in [1.165, 1.54) is 23.1 Å². The predicted molar refractivity (Wildman–Crippen MR) is 114 cm³/mol. The zero-order chi connectivity index (χ0) is 21.0. The van der Waals surface area contributed by atoms with Crippen LogP contribution in [0.15, 0.2) is 29.4 Å². The number of rotatable bonds is 8. The number of hydrogen-bond donors (Lipinski definition) is 1. The summed E-state index contributed by atoms with van der Waals surface area (Å²) >= 11 is 2.81. The molecular formula is C19H23N5O3S2. The van der Waals surface area contributed by atoms with Crippen LogP contribution in [0.25, 0.3) is 0 Å². The molecule has 8 nitrogen and oxygen atoms in total. The van der Waals surface area contributed by atoms with Crippen molar-refractivity contribution < 1.29 is 14.3 Å². The number of carbonyl (C=O) groups is 1. The molecule has 0 aliphatic heterocycles. The molecule has 3 aromatic rings. The fraction of sp³-hybridized carbons (Fsp3) is 0.368. The number of carbonyl (C=O) groups excluding carboxylic acids is 1. The first-order valence-corrected chi connectivity index (χ1v) is 10.6. The van der Waals surface area contributed by atoms with Gasteiger partial charge in [-0.25, -0.2) is 4.98 Å². The van der Waals surface area contributed by atoms with Crippen molar-refractivity contribution in [3.63, 3.8) is 0 Å². The molecule has 1 aromatic carbocycles. The van der Waals surface area contributed by atoms with Gasteiger partial charge in [-0.05, 0) is 45.0 Å². The van der Waals surface area contributed by atoms with Crippen molar-refractivity contribution in [3.05, 3.63) is 40.7 Å². The number of hydrogen-bond acceptors (Lipinski definition) is 8. The molecule has 2 heterocycles. The number of aromatic nitrogens is 4. The van der Waals surface area contributed by atoms with Gasteiger partial charge in [-0.15, -0.1) is 21.5 Å². The smallest absolute Gasteiger partial charge is 0.239 e. The Labute approximate surface area is 177 Å². The zero-order valence-corrected chi connectivity index (χ0v) is 18.6. The number of thiazole rings is 1. The second kappa shape index (κ2) is 9.27. The van der Waals surface area contributed by atoms with Gasteiger partial charge in [0.2, 0.25) is 5.91 Å². The molecule has 0 saturated heterocycles. The molecule has 1 atom stereocenters. The van der Waals surface area contributed by atoms with E-state index in [-0.39, 0.29) is 17.8 Å². The van der Waals surface area contributed by atoms with Crippen LogP contribution in [-0.4, -0.2) is 38.0 Å². The molecule has 0 unspecified atom stereocenters. The number of amides is 1. The predicted octanol–water partition coefficient (Wildman–Crippen LogP) is 3.60. The maximum absolute atomic E-state index is 12.5. The maximum atomic E-state index is 12.5. The molecule has 10 heteroatoms. The van der Waals surface area contributed by atoms with Crippen molar-refractivity contribution in [1.29, 1.82) is 0 Å². The molecule has 0 bridgehead atoms. The van der Waals surface area contributed by atoms with Gasteiger partial charge in [0, 0.05) is 11.9 Å². The number of methoxy groups -OCH3 is 1. The SMILES string of the molecule is COc1ccc(OCc2nnc(S[C@@H](C)C(=O)Nc3nc(C)c(C)s3)n2C)cc1. The molecular weight excluding hydrogens is 410 g/mol. The van der Waals surface area contributed by atoms with E-state index in [2.05, 4.69) is 20.5 Å². The fourth-order valence-electron chi connectivity index (χ4n) is 2.34. The molecule has 0 aliphatic rings. The van der Waals surface area contributed by atoms with Gasteiger partial charge in [0.15, 0.2) is 16.1 Å². The number of ether oxygens (including phenoxy) is 2. The highest BCUT2D eigenvalue weighted by molar-refractivity contribution is 8.00. The van der Waals surface area contributed by atoms with Crippen molar-refractivity contribution in [1.82, 2.24) is 19.7 Å². The van der Waals surface area contributed by atoms with Crippen molar-refractivity contribution in [2.75, 3.05) is 12.4 Å². The third-order valence-corrected chi connectivity index (χ3v) is 6.38. The summed E-state index contributed by atoms with van der Waals surface area (Å²) < 4.78 is 12.7. The van der Waals surface area contributed by atoms with E-state index in [1.54, 1.807) is 7.11 Å². The molecule has 0 aliphatic carbocycles. The van der Waals surface area contributed by atoms with Gasteiger partial charge in [-0.3, -0.25) is 4.79 Å². The van der Waals surface area contributed by atoms with Crippen LogP contribution in [0, 0.1) is 13.8 Å². The van der Waals surface area contributed by atoms with Gasteiger partial charge in [0.25, 0.3) is 0 Å². The number of nitrogens with zero attached hydrogens (tertiary/aromatic N) is 4. The monoisotopic (exact) mass is 433 g/mol. The van der Waals surface area contributed by atoms with Crippen LogP contribution in [0.3, 0.4) is 0 Å². The summed E-state index contributed by atoms with van der Waals surface area (Å²) in [7, 11) is 3.47. The second-order valence-corrected chi connectivity index (χ2v) is 8.84. The molecule has 0 saturated carbocycles. The van der Waals surface area contributed by atoms with E-state index in [9.17, 15) is 4.79 Å². The minimum absolute atomic E-state index is 0.122. The van der Waals surface area contributed by atoms with Gasteiger partial charge in [0.1, 0.15) is 18.1 Å². The minimum atomic E-state index is -0.349. The van der Waals surface area contributed by atoms with Crippen molar-refractivity contribution in [3.8, 4) is 11.5 Å². The molecule has 1 N–H and O–H groups in total. The van der Waals surface area contributed by atoms with E-state index in [0.717, 1.165) is 16.3 Å². The van der Waals surface area contributed by atoms with Crippen LogP contribution in [0.2, 0.25) is 0 Å². The van der Waals surface area contributed by atoms with Crippen molar-refractivity contribution in [2.45, 2.75) is 37.8 Å². The van der Waals surface area contributed by atoms with Crippen LogP contribution < -0.4 is 14.8 Å². The highest BCUT2D eigenvalue weighted by atomic mass is 32.2. The zero-order valence-electron chi connectivity index (χ0n) is 16.9. The van der Waals surface area contributed by atoms with Crippen LogP contribution in [-0.2, 0) is 18.4 Å². The summed E-state index contributed by atoms with van der Waals surface area (Å²) in [5.41, 5.74) is 0.931. The summed E-state index contributed by atoms with van der Waals surface area (Å²) in [6.45, 7) is 6.01. The first-order valence-electron chi connectivity index (χ1n) is 8.94. The average Bonchev–Trinajstić information content (AvgIpc) is 3.21. The normalized spacial score (nSPS) is 11.9. The van der Waals surface area contributed by atoms with E-state index in [0.29, 0.717) is 21.9 Å². The number of benzene rings is 1. The summed E-state index contributed by atoms with van der Waals surface area (Å²) in [6.07, 6.45) is 0. The molecule has 1 amide bonds. The summed E-state index contributed by atoms with van der Waals surface area (Å²) in [4.78, 5) is 17.9. The lowest BCUT2D eigenvalue weighted by Crippen LogP contribution is -2.22. The number of nitrogens with one attached hydrogen (secondary N) is 1. The lowest BCUT2D eigenvalue weighted by Gasteiger charge is -2.10. The lowest BCUT2D eigenvalue weighted by atomic mass is 10.3. The largest absolute Gasteiger partial charge is 0.497 e. The van der Waals surface area contributed by atoms with E-state index >= 15 is 0 Å². The van der Waals surface area contributed by atoms with Crippen LogP contribution >= 0.6 is 23.1 Å². The maximum Gasteiger partial charge on any atom is 0.239 e. The first kappa shape index (κ1) is 21.1. The third-order valence-electron chi connectivity index (χ3n) is 4.26. The third kappa shape index (κ3) is 5.27. The highest BCUT2D eigenvalue weighted by Crippen LogP contribution is 2.25. The van der Waals surface area contributed by atoms with Crippen LogP contribution in [0.1, 0.15) is 23.3 Å². The van der Waals surface area contributed by atoms with E-state index < -0.39 is 0 Å². The Morgan fingerprint density at radius 3 is 2.55 bits per heavy atom. The Morgan fingerprint density at radius 1 is 1.24 bits per heavy atom. The second-order valence-electron chi connectivity index (χ2n) is 6.33. The van der Waals surface area contributed by atoms with Gasteiger partial charge < -0.3 is 19.4 Å².